The summed E-state index contributed by atoms with van der Waals surface area (Å²) >= 11 is 1.51. The van der Waals surface area contributed by atoms with E-state index in [-0.39, 0.29) is 6.61 Å². The number of aromatic nitrogens is 1. The van der Waals surface area contributed by atoms with Crippen LogP contribution in [0.4, 0.5) is 24.5 Å². The van der Waals surface area contributed by atoms with Gasteiger partial charge in [0, 0.05) is 66.2 Å². The molecule has 43 heavy (non-hydrogen) atoms. The summed E-state index contributed by atoms with van der Waals surface area (Å²) in [6, 6.07) is 19.5. The zero-order chi connectivity index (χ0) is 29.8. The molecule has 3 aromatic carbocycles. The first-order chi connectivity index (χ1) is 20.8. The van der Waals surface area contributed by atoms with Crippen LogP contribution in [0.25, 0.3) is 10.9 Å². The number of fused-ring (bicyclic) bond motifs is 3. The molecule has 226 valence electrons. The lowest BCUT2D eigenvalue weighted by molar-refractivity contribution is -0.146. The highest BCUT2D eigenvalue weighted by Gasteiger charge is 2.33. The summed E-state index contributed by atoms with van der Waals surface area (Å²) in [7, 11) is 0. The number of alkyl halides is 3. The largest absolute Gasteiger partial charge is 0.482 e. The van der Waals surface area contributed by atoms with E-state index < -0.39 is 17.7 Å². The fourth-order valence-corrected chi connectivity index (χ4v) is 6.61. The van der Waals surface area contributed by atoms with Crippen LogP contribution in [0.15, 0.2) is 82.7 Å². The number of piperazine rings is 1. The average molecular weight is 611 g/mol. The Bertz CT molecular complexity index is 1570. The van der Waals surface area contributed by atoms with Gasteiger partial charge in [-0.3, -0.25) is 4.90 Å². The number of para-hydroxylation sites is 1. The van der Waals surface area contributed by atoms with E-state index in [1.165, 1.54) is 17.8 Å². The first-order valence-electron chi connectivity index (χ1n) is 14.4. The van der Waals surface area contributed by atoms with E-state index in [1.807, 2.05) is 59.6 Å². The van der Waals surface area contributed by atoms with Crippen LogP contribution in [0.2, 0.25) is 0 Å². The van der Waals surface area contributed by atoms with E-state index >= 15 is 0 Å². The Morgan fingerprint density at radius 1 is 0.860 bits per heavy atom. The SMILES string of the molecule is O=C(COc1ccc2[nH]ccc2c1)OCCN1CCN(CCCN2c3ccccc3Sc3ccc(C(F)(F)F)cc32)CC1. The van der Waals surface area contributed by atoms with E-state index in [2.05, 4.69) is 14.8 Å². The van der Waals surface area contributed by atoms with Gasteiger partial charge in [0.05, 0.1) is 16.9 Å². The minimum Gasteiger partial charge on any atom is -0.482 e. The number of ether oxygens (including phenoxy) is 2. The Kier molecular flexibility index (Phi) is 8.83. The van der Waals surface area contributed by atoms with Crippen LogP contribution < -0.4 is 9.64 Å². The molecule has 6 rings (SSSR count). The molecule has 0 radical (unpaired) electrons. The van der Waals surface area contributed by atoms with Crippen LogP contribution in [0.5, 0.6) is 5.75 Å². The molecule has 2 aliphatic rings. The highest BCUT2D eigenvalue weighted by atomic mass is 32.2. The van der Waals surface area contributed by atoms with Crippen molar-refractivity contribution in [2.75, 3.05) is 63.9 Å². The molecule has 2 aliphatic heterocycles. The van der Waals surface area contributed by atoms with E-state index in [0.717, 1.165) is 71.6 Å². The maximum Gasteiger partial charge on any atom is 0.416 e. The number of nitrogens with one attached hydrogen (secondary N) is 1. The Labute approximate surface area is 252 Å². The van der Waals surface area contributed by atoms with Gasteiger partial charge in [0.15, 0.2) is 6.61 Å². The molecule has 0 amide bonds. The lowest BCUT2D eigenvalue weighted by Gasteiger charge is -2.36. The standard InChI is InChI=1S/C32H33F3N4O3S/c33-32(34,35)24-6-9-30-28(21-24)39(27-4-1-2-5-29(27)43-30)13-3-12-37-14-16-38(17-15-37)18-19-41-31(40)22-42-25-7-8-26-23(20-25)10-11-36-26/h1-2,4-11,20-21,36H,3,12-19,22H2. The highest BCUT2D eigenvalue weighted by Crippen LogP contribution is 2.49. The third kappa shape index (κ3) is 7.11. The topological polar surface area (TPSA) is 61.0 Å². The van der Waals surface area contributed by atoms with Gasteiger partial charge in [0.1, 0.15) is 12.4 Å². The molecule has 1 N–H and O–H groups in total. The predicted molar refractivity (Wildman–Crippen MR) is 161 cm³/mol. The summed E-state index contributed by atoms with van der Waals surface area (Å²) in [5, 5.41) is 1.02. The Morgan fingerprint density at radius 2 is 1.63 bits per heavy atom. The van der Waals surface area contributed by atoms with Gasteiger partial charge < -0.3 is 24.3 Å². The molecule has 7 nitrogen and oxygen atoms in total. The summed E-state index contributed by atoms with van der Waals surface area (Å²) in [5.41, 5.74) is 1.95. The van der Waals surface area contributed by atoms with Crippen molar-refractivity contribution in [1.29, 1.82) is 0 Å². The van der Waals surface area contributed by atoms with Gasteiger partial charge in [-0.25, -0.2) is 4.79 Å². The summed E-state index contributed by atoms with van der Waals surface area (Å²) in [4.78, 5) is 23.9. The highest BCUT2D eigenvalue weighted by molar-refractivity contribution is 7.99. The molecular formula is C32H33F3N4O3S. The van der Waals surface area contributed by atoms with Crippen LogP contribution in [0, 0.1) is 0 Å². The van der Waals surface area contributed by atoms with Crippen LogP contribution in [-0.2, 0) is 15.7 Å². The summed E-state index contributed by atoms with van der Waals surface area (Å²) in [5.74, 6) is 0.230. The molecule has 1 aromatic heterocycles. The number of benzene rings is 3. The molecule has 0 atom stereocenters. The lowest BCUT2D eigenvalue weighted by atomic mass is 10.1. The van der Waals surface area contributed by atoms with Crippen molar-refractivity contribution in [2.24, 2.45) is 0 Å². The molecule has 3 heterocycles. The van der Waals surface area contributed by atoms with Crippen LogP contribution >= 0.6 is 11.8 Å². The molecule has 11 heteroatoms. The second-order valence-electron chi connectivity index (χ2n) is 10.7. The number of rotatable bonds is 10. The van der Waals surface area contributed by atoms with Crippen LogP contribution in [-0.4, -0.2) is 79.8 Å². The van der Waals surface area contributed by atoms with E-state index in [0.29, 0.717) is 31.1 Å². The molecule has 0 spiro atoms. The van der Waals surface area contributed by atoms with E-state index in [4.69, 9.17) is 9.47 Å². The number of carbonyl (C=O) groups is 1. The maximum atomic E-state index is 13.5. The van der Waals surface area contributed by atoms with Crippen molar-refractivity contribution >= 4 is 40.0 Å². The number of nitrogens with zero attached hydrogens (tertiary/aromatic N) is 3. The minimum atomic E-state index is -4.38. The van der Waals surface area contributed by atoms with Gasteiger partial charge in [-0.15, -0.1) is 0 Å². The van der Waals surface area contributed by atoms with Gasteiger partial charge in [0.25, 0.3) is 0 Å². The fraction of sp³-hybridized carbons (Fsp3) is 0.344. The molecule has 0 bridgehead atoms. The lowest BCUT2D eigenvalue weighted by Crippen LogP contribution is -2.47. The van der Waals surface area contributed by atoms with Crippen molar-refractivity contribution in [3.63, 3.8) is 0 Å². The van der Waals surface area contributed by atoms with Crippen molar-refractivity contribution in [2.45, 2.75) is 22.4 Å². The quantitative estimate of drug-likeness (QED) is 0.208. The molecule has 0 aliphatic carbocycles. The molecule has 1 fully saturated rings. The number of halogens is 3. The number of hydrogen-bond donors (Lipinski definition) is 1. The second-order valence-corrected chi connectivity index (χ2v) is 11.8. The number of anilines is 2. The number of H-pyrrole nitrogens is 1. The van der Waals surface area contributed by atoms with Gasteiger partial charge in [0.2, 0.25) is 0 Å². The zero-order valence-corrected chi connectivity index (χ0v) is 24.4. The van der Waals surface area contributed by atoms with Gasteiger partial charge in [-0.2, -0.15) is 13.2 Å². The van der Waals surface area contributed by atoms with Gasteiger partial charge >= 0.3 is 12.1 Å². The summed E-state index contributed by atoms with van der Waals surface area (Å²) in [6.45, 7) is 5.83. The normalized spacial score (nSPS) is 15.7. The maximum absolute atomic E-state index is 13.5. The zero-order valence-electron chi connectivity index (χ0n) is 23.6. The molecule has 0 saturated carbocycles. The third-order valence-electron chi connectivity index (χ3n) is 7.83. The summed E-state index contributed by atoms with van der Waals surface area (Å²) < 4.78 is 51.4. The van der Waals surface area contributed by atoms with Crippen molar-refractivity contribution in [3.05, 3.63) is 78.5 Å². The number of carbonyl (C=O) groups excluding carboxylic acids is 1. The van der Waals surface area contributed by atoms with Crippen LogP contribution in [0.3, 0.4) is 0 Å². The Morgan fingerprint density at radius 3 is 2.44 bits per heavy atom. The average Bonchev–Trinajstić information content (AvgIpc) is 3.48. The molecular weight excluding hydrogens is 577 g/mol. The van der Waals surface area contributed by atoms with E-state index in [1.54, 1.807) is 6.07 Å². The van der Waals surface area contributed by atoms with Crippen molar-refractivity contribution in [3.8, 4) is 5.75 Å². The number of aromatic amines is 1. The van der Waals surface area contributed by atoms with E-state index in [9.17, 15) is 18.0 Å². The van der Waals surface area contributed by atoms with Crippen molar-refractivity contribution < 1.29 is 27.4 Å². The smallest absolute Gasteiger partial charge is 0.416 e. The first-order valence-corrected chi connectivity index (χ1v) is 15.2. The molecule has 1 saturated heterocycles. The van der Waals surface area contributed by atoms with Crippen LogP contribution in [0.1, 0.15) is 12.0 Å². The van der Waals surface area contributed by atoms with Crippen molar-refractivity contribution in [1.82, 2.24) is 14.8 Å². The van der Waals surface area contributed by atoms with Gasteiger partial charge in [-0.05, 0) is 67.6 Å². The Balaban J connectivity index is 0.931. The third-order valence-corrected chi connectivity index (χ3v) is 8.96. The second kappa shape index (κ2) is 12.9. The minimum absolute atomic E-state index is 0.133. The molecule has 0 unspecified atom stereocenters. The van der Waals surface area contributed by atoms with Gasteiger partial charge in [-0.1, -0.05) is 23.9 Å². The Hall–Kier alpha value is -3.67. The monoisotopic (exact) mass is 610 g/mol. The predicted octanol–water partition coefficient (Wildman–Crippen LogP) is 6.42. The number of hydrogen-bond acceptors (Lipinski definition) is 7. The first kappa shape index (κ1) is 29.4. The number of esters is 1. The molecule has 4 aromatic rings. The fourth-order valence-electron chi connectivity index (χ4n) is 5.53. The summed E-state index contributed by atoms with van der Waals surface area (Å²) in [6.07, 6.45) is -1.70.